The van der Waals surface area contributed by atoms with Gasteiger partial charge >= 0.3 is 0 Å². The van der Waals surface area contributed by atoms with Crippen molar-refractivity contribution in [2.24, 2.45) is 41.4 Å². The molecule has 7 unspecified atom stereocenters. The van der Waals surface area contributed by atoms with Gasteiger partial charge in [0.15, 0.2) is 5.78 Å². The third-order valence-electron chi connectivity index (χ3n) is 7.96. The van der Waals surface area contributed by atoms with Crippen LogP contribution in [0, 0.1) is 41.4 Å². The summed E-state index contributed by atoms with van der Waals surface area (Å²) < 4.78 is 0. The molecule has 4 nitrogen and oxygen atoms in total. The van der Waals surface area contributed by atoms with Crippen molar-refractivity contribution >= 4 is 11.7 Å². The Morgan fingerprint density at radius 1 is 1.23 bits per heavy atom. The van der Waals surface area contributed by atoms with Crippen LogP contribution < -0.4 is 0 Å². The smallest absolute Gasteiger partial charge is 0.261 e. The fourth-order valence-electron chi connectivity index (χ4n) is 6.72. The van der Waals surface area contributed by atoms with Gasteiger partial charge in [0.1, 0.15) is 11.3 Å². The summed E-state index contributed by atoms with van der Waals surface area (Å²) in [7, 11) is 1.68. The number of hydrogen-bond donors (Lipinski definition) is 1. The molecule has 0 spiro atoms. The summed E-state index contributed by atoms with van der Waals surface area (Å²) in [5, 5.41) is 11.6. The lowest BCUT2D eigenvalue weighted by Crippen LogP contribution is -2.43. The first-order chi connectivity index (χ1) is 14.0. The van der Waals surface area contributed by atoms with E-state index in [9.17, 15) is 14.7 Å². The molecular formula is C26H39NO3. The highest BCUT2D eigenvalue weighted by molar-refractivity contribution is 6.26. The fraction of sp³-hybridized carbons (Fsp3) is 0.692. The molecule has 7 atom stereocenters. The number of Topliss-reactive ketones (excluding diaryl/α,β-unsaturated/α-hetero) is 1. The molecule has 3 rings (SSSR count). The van der Waals surface area contributed by atoms with Gasteiger partial charge in [-0.3, -0.25) is 9.59 Å². The Labute approximate surface area is 182 Å². The fourth-order valence-corrected chi connectivity index (χ4v) is 6.72. The van der Waals surface area contributed by atoms with E-state index in [1.54, 1.807) is 7.05 Å². The average molecular weight is 414 g/mol. The summed E-state index contributed by atoms with van der Waals surface area (Å²) >= 11 is 0. The van der Waals surface area contributed by atoms with Crippen LogP contribution in [0.3, 0.4) is 0 Å². The Hall–Kier alpha value is -1.84. The number of aliphatic hydroxyl groups is 1. The van der Waals surface area contributed by atoms with Crippen LogP contribution in [0.25, 0.3) is 0 Å². The summed E-state index contributed by atoms with van der Waals surface area (Å²) in [5.74, 6) is 1.00. The van der Waals surface area contributed by atoms with E-state index in [1.165, 1.54) is 16.0 Å². The van der Waals surface area contributed by atoms with Gasteiger partial charge in [-0.2, -0.15) is 0 Å². The number of nitrogens with zero attached hydrogens (tertiary/aromatic N) is 1. The number of fused-ring (bicyclic) bond motifs is 1. The molecular weight excluding hydrogens is 374 g/mol. The minimum atomic E-state index is -0.490. The summed E-state index contributed by atoms with van der Waals surface area (Å²) in [4.78, 5) is 27.9. The maximum atomic E-state index is 13.3. The van der Waals surface area contributed by atoms with Crippen molar-refractivity contribution in [2.75, 3.05) is 7.05 Å². The molecule has 1 saturated heterocycles. The normalized spacial score (nSPS) is 39.4. The largest absolute Gasteiger partial charge is 0.511 e. The predicted molar refractivity (Wildman–Crippen MR) is 121 cm³/mol. The Bertz CT molecular complexity index is 818. The van der Waals surface area contributed by atoms with E-state index in [0.29, 0.717) is 17.8 Å². The highest BCUT2D eigenvalue weighted by Gasteiger charge is 2.51. The molecule has 1 saturated carbocycles. The maximum Gasteiger partial charge on any atom is 0.261 e. The van der Waals surface area contributed by atoms with Crippen molar-refractivity contribution in [3.63, 3.8) is 0 Å². The van der Waals surface area contributed by atoms with Gasteiger partial charge < -0.3 is 10.0 Å². The molecule has 2 aliphatic carbocycles. The van der Waals surface area contributed by atoms with Gasteiger partial charge in [-0.25, -0.2) is 0 Å². The monoisotopic (exact) mass is 413 g/mol. The van der Waals surface area contributed by atoms with E-state index in [0.717, 1.165) is 12.8 Å². The van der Waals surface area contributed by atoms with Crippen LogP contribution in [0.1, 0.15) is 61.3 Å². The molecule has 1 aliphatic heterocycles. The van der Waals surface area contributed by atoms with Crippen LogP contribution in [-0.2, 0) is 9.59 Å². The summed E-state index contributed by atoms with van der Waals surface area (Å²) in [6.07, 6.45) is 6.73. The first-order valence-corrected chi connectivity index (χ1v) is 11.6. The number of rotatable bonds is 3. The number of allylic oxidation sites excluding steroid dienone is 5. The van der Waals surface area contributed by atoms with E-state index in [2.05, 4.69) is 39.8 Å². The van der Waals surface area contributed by atoms with Gasteiger partial charge in [-0.1, -0.05) is 51.0 Å². The average Bonchev–Trinajstić information content (AvgIpc) is 2.87. The topological polar surface area (TPSA) is 57.6 Å². The standard InChI is InChI=1S/C26H39NO3/c1-9-15(5)19-17(7)12-18-11-14(4)10-16(6)20(18)21(19)24(28)22-25(29)23(13(2)3)27(8)26(22)30/h9,12-14,16,18-21,23,28H,10-11H2,1-8H3/b15-9+,24-22+. The zero-order valence-electron chi connectivity index (χ0n) is 19.9. The molecule has 1 amide bonds. The second kappa shape index (κ2) is 8.36. The number of ketones is 1. The first kappa shape index (κ1) is 22.8. The van der Waals surface area contributed by atoms with Crippen molar-refractivity contribution in [1.29, 1.82) is 0 Å². The molecule has 1 heterocycles. The molecule has 0 aromatic rings. The number of likely N-dealkylation sites (tertiary alicyclic amines) is 1. The second-order valence-corrected chi connectivity index (χ2v) is 10.5. The number of carbonyl (C=O) groups is 2. The zero-order valence-corrected chi connectivity index (χ0v) is 19.9. The van der Waals surface area contributed by atoms with Crippen molar-refractivity contribution in [3.05, 3.63) is 34.6 Å². The Morgan fingerprint density at radius 2 is 1.87 bits per heavy atom. The predicted octanol–water partition coefficient (Wildman–Crippen LogP) is 5.32. The summed E-state index contributed by atoms with van der Waals surface area (Å²) in [6.45, 7) is 14.8. The van der Waals surface area contributed by atoms with Gasteiger partial charge in [0.05, 0.1) is 6.04 Å². The van der Waals surface area contributed by atoms with E-state index in [-0.39, 0.29) is 46.7 Å². The van der Waals surface area contributed by atoms with E-state index < -0.39 is 6.04 Å². The molecule has 166 valence electrons. The molecule has 0 bridgehead atoms. The van der Waals surface area contributed by atoms with Crippen molar-refractivity contribution in [2.45, 2.75) is 67.3 Å². The van der Waals surface area contributed by atoms with Crippen molar-refractivity contribution < 1.29 is 14.7 Å². The highest BCUT2D eigenvalue weighted by atomic mass is 16.3. The van der Waals surface area contributed by atoms with Crippen molar-refractivity contribution in [3.8, 4) is 0 Å². The summed E-state index contributed by atoms with van der Waals surface area (Å²) in [5.41, 5.74) is 2.48. The van der Waals surface area contributed by atoms with Crippen LogP contribution in [0.5, 0.6) is 0 Å². The molecule has 30 heavy (non-hydrogen) atoms. The van der Waals surface area contributed by atoms with Gasteiger partial charge in [0, 0.05) is 18.9 Å². The summed E-state index contributed by atoms with van der Waals surface area (Å²) in [6, 6.07) is -0.490. The number of carbonyl (C=O) groups excluding carboxylic acids is 2. The zero-order chi connectivity index (χ0) is 22.5. The quantitative estimate of drug-likeness (QED) is 0.295. The molecule has 3 aliphatic rings. The number of hydrogen-bond acceptors (Lipinski definition) is 3. The van der Waals surface area contributed by atoms with Gasteiger partial charge in [-0.15, -0.1) is 0 Å². The lowest BCUT2D eigenvalue weighted by atomic mass is 9.55. The van der Waals surface area contributed by atoms with Crippen LogP contribution in [0.4, 0.5) is 0 Å². The Kier molecular flexibility index (Phi) is 6.36. The van der Waals surface area contributed by atoms with E-state index >= 15 is 0 Å². The van der Waals surface area contributed by atoms with E-state index in [1.807, 2.05) is 20.8 Å². The van der Waals surface area contributed by atoms with Crippen LogP contribution in [0.15, 0.2) is 34.6 Å². The number of likely N-dealkylation sites (N-methyl/N-ethyl adjacent to an activating group) is 1. The second-order valence-electron chi connectivity index (χ2n) is 10.5. The lowest BCUT2D eigenvalue weighted by molar-refractivity contribution is -0.126. The van der Waals surface area contributed by atoms with Crippen LogP contribution in [-0.4, -0.2) is 34.8 Å². The van der Waals surface area contributed by atoms with Crippen LogP contribution >= 0.6 is 0 Å². The molecule has 1 N–H and O–H groups in total. The number of amides is 1. The van der Waals surface area contributed by atoms with Gasteiger partial charge in [-0.05, 0) is 63.2 Å². The van der Waals surface area contributed by atoms with Crippen molar-refractivity contribution in [1.82, 2.24) is 4.90 Å². The molecule has 4 heteroatoms. The van der Waals surface area contributed by atoms with Gasteiger partial charge in [0.25, 0.3) is 5.91 Å². The number of aliphatic hydroxyl groups excluding tert-OH is 1. The highest BCUT2D eigenvalue weighted by Crippen LogP contribution is 2.53. The third kappa shape index (κ3) is 3.56. The molecule has 2 fully saturated rings. The van der Waals surface area contributed by atoms with E-state index in [4.69, 9.17) is 0 Å². The third-order valence-corrected chi connectivity index (χ3v) is 7.96. The van der Waals surface area contributed by atoms with Gasteiger partial charge in [0.2, 0.25) is 0 Å². The maximum absolute atomic E-state index is 13.3. The van der Waals surface area contributed by atoms with Crippen LogP contribution in [0.2, 0.25) is 0 Å². The SMILES string of the molecule is C/C=C(\C)C1C(C)=CC2CC(C)CC(C)C2C1/C(O)=C1/C(=O)C(C(C)C)N(C)C1=O. The minimum absolute atomic E-state index is 0.0139. The molecule has 0 radical (unpaired) electrons. The Morgan fingerprint density at radius 3 is 2.40 bits per heavy atom. The minimum Gasteiger partial charge on any atom is -0.511 e. The lowest BCUT2D eigenvalue weighted by Gasteiger charge is -2.49. The first-order valence-electron chi connectivity index (χ1n) is 11.6. The molecule has 0 aromatic heterocycles. The molecule has 0 aromatic carbocycles. The Balaban J connectivity index is 2.18.